The molecule has 0 saturated heterocycles. The average molecular weight is 286 g/mol. The minimum Gasteiger partial charge on any atom is -0.496 e. The lowest BCUT2D eigenvalue weighted by Crippen LogP contribution is -2.06. The van der Waals surface area contributed by atoms with Gasteiger partial charge in [-0.2, -0.15) is 0 Å². The molecule has 0 bridgehead atoms. The third-order valence-electron chi connectivity index (χ3n) is 3.10. The summed E-state index contributed by atoms with van der Waals surface area (Å²) in [5.41, 5.74) is 1.41. The SMILES string of the molecule is COc1ccc(OC)c(C(C)=O)c1OCc1ccccc1. The molecule has 0 unspecified atom stereocenters. The Morgan fingerprint density at radius 2 is 1.57 bits per heavy atom. The van der Waals surface area contributed by atoms with Gasteiger partial charge in [-0.1, -0.05) is 30.3 Å². The molecule has 0 aliphatic heterocycles. The van der Waals surface area contributed by atoms with Gasteiger partial charge in [0.2, 0.25) is 0 Å². The summed E-state index contributed by atoms with van der Waals surface area (Å²) in [6.45, 7) is 1.83. The first-order valence-corrected chi connectivity index (χ1v) is 6.60. The van der Waals surface area contributed by atoms with Gasteiger partial charge in [-0.3, -0.25) is 4.79 Å². The van der Waals surface area contributed by atoms with Crippen LogP contribution in [0.3, 0.4) is 0 Å². The van der Waals surface area contributed by atoms with Gasteiger partial charge in [-0.05, 0) is 24.6 Å². The zero-order valence-electron chi connectivity index (χ0n) is 12.4. The molecule has 0 aromatic heterocycles. The molecule has 0 atom stereocenters. The molecule has 0 spiro atoms. The zero-order chi connectivity index (χ0) is 15.2. The van der Waals surface area contributed by atoms with E-state index in [9.17, 15) is 4.79 Å². The summed E-state index contributed by atoms with van der Waals surface area (Å²) in [5, 5.41) is 0. The van der Waals surface area contributed by atoms with E-state index in [-0.39, 0.29) is 5.78 Å². The second-order valence-corrected chi connectivity index (χ2v) is 4.50. The predicted molar refractivity (Wildman–Crippen MR) is 80.3 cm³/mol. The minimum absolute atomic E-state index is 0.131. The second kappa shape index (κ2) is 6.79. The van der Waals surface area contributed by atoms with Crippen LogP contribution in [0.1, 0.15) is 22.8 Å². The summed E-state index contributed by atoms with van der Waals surface area (Å²) in [4.78, 5) is 11.9. The van der Waals surface area contributed by atoms with Gasteiger partial charge in [-0.15, -0.1) is 0 Å². The predicted octanol–water partition coefficient (Wildman–Crippen LogP) is 3.49. The summed E-state index contributed by atoms with van der Waals surface area (Å²) >= 11 is 0. The fourth-order valence-electron chi connectivity index (χ4n) is 2.08. The van der Waals surface area contributed by atoms with E-state index in [1.54, 1.807) is 19.2 Å². The molecule has 2 aromatic rings. The summed E-state index contributed by atoms with van der Waals surface area (Å²) < 4.78 is 16.4. The topological polar surface area (TPSA) is 44.8 Å². The highest BCUT2D eigenvalue weighted by molar-refractivity contribution is 6.00. The van der Waals surface area contributed by atoms with Crippen molar-refractivity contribution in [3.63, 3.8) is 0 Å². The molecule has 2 aromatic carbocycles. The van der Waals surface area contributed by atoms with Crippen LogP contribution in [-0.2, 0) is 6.61 Å². The van der Waals surface area contributed by atoms with Gasteiger partial charge in [0.1, 0.15) is 17.9 Å². The number of rotatable bonds is 6. The van der Waals surface area contributed by atoms with Crippen LogP contribution in [0.2, 0.25) is 0 Å². The third kappa shape index (κ3) is 3.34. The smallest absolute Gasteiger partial charge is 0.176 e. The first-order chi connectivity index (χ1) is 10.2. The van der Waals surface area contributed by atoms with Gasteiger partial charge in [0.05, 0.1) is 14.2 Å². The van der Waals surface area contributed by atoms with E-state index in [2.05, 4.69) is 0 Å². The molecule has 2 rings (SSSR count). The zero-order valence-corrected chi connectivity index (χ0v) is 12.4. The normalized spacial score (nSPS) is 10.0. The maximum atomic E-state index is 11.9. The standard InChI is InChI=1S/C17H18O4/c1-12(18)16-14(19-2)9-10-15(20-3)17(16)21-11-13-7-5-4-6-8-13/h4-10H,11H2,1-3H3. The Bertz CT molecular complexity index is 620. The molecule has 0 fully saturated rings. The Labute approximate surface area is 124 Å². The number of ether oxygens (including phenoxy) is 3. The molecule has 0 aliphatic rings. The fraction of sp³-hybridized carbons (Fsp3) is 0.235. The van der Waals surface area contributed by atoms with Crippen molar-refractivity contribution in [2.45, 2.75) is 13.5 Å². The summed E-state index contributed by atoms with van der Waals surface area (Å²) in [7, 11) is 3.07. The molecule has 0 amide bonds. The summed E-state index contributed by atoms with van der Waals surface area (Å²) in [6.07, 6.45) is 0. The van der Waals surface area contributed by atoms with E-state index < -0.39 is 0 Å². The molecular formula is C17H18O4. The highest BCUT2D eigenvalue weighted by Gasteiger charge is 2.20. The van der Waals surface area contributed by atoms with Crippen molar-refractivity contribution >= 4 is 5.78 Å². The van der Waals surface area contributed by atoms with Crippen LogP contribution in [0.5, 0.6) is 17.2 Å². The largest absolute Gasteiger partial charge is 0.496 e. The van der Waals surface area contributed by atoms with Gasteiger partial charge in [0, 0.05) is 0 Å². The number of hydrogen-bond acceptors (Lipinski definition) is 4. The fourth-order valence-corrected chi connectivity index (χ4v) is 2.08. The van der Waals surface area contributed by atoms with Crippen LogP contribution >= 0.6 is 0 Å². The molecule has 4 nitrogen and oxygen atoms in total. The molecule has 4 heteroatoms. The van der Waals surface area contributed by atoms with Crippen LogP contribution in [0.4, 0.5) is 0 Å². The lowest BCUT2D eigenvalue weighted by atomic mass is 10.1. The van der Waals surface area contributed by atoms with E-state index in [1.165, 1.54) is 14.0 Å². The molecule has 0 aliphatic carbocycles. The number of methoxy groups -OCH3 is 2. The first-order valence-electron chi connectivity index (χ1n) is 6.60. The van der Waals surface area contributed by atoms with Crippen molar-refractivity contribution in [3.8, 4) is 17.2 Å². The molecular weight excluding hydrogens is 268 g/mol. The Balaban J connectivity index is 2.37. The van der Waals surface area contributed by atoms with Crippen LogP contribution in [-0.4, -0.2) is 20.0 Å². The van der Waals surface area contributed by atoms with E-state index in [1.807, 2.05) is 30.3 Å². The molecule has 0 heterocycles. The number of benzene rings is 2. The third-order valence-corrected chi connectivity index (χ3v) is 3.10. The van der Waals surface area contributed by atoms with E-state index in [4.69, 9.17) is 14.2 Å². The van der Waals surface area contributed by atoms with Crippen molar-refractivity contribution in [3.05, 3.63) is 53.6 Å². The van der Waals surface area contributed by atoms with Crippen LogP contribution in [0.25, 0.3) is 0 Å². The number of hydrogen-bond donors (Lipinski definition) is 0. The van der Waals surface area contributed by atoms with Crippen LogP contribution in [0.15, 0.2) is 42.5 Å². The number of carbonyl (C=O) groups excluding carboxylic acids is 1. The number of ketones is 1. The molecule has 110 valence electrons. The minimum atomic E-state index is -0.131. The highest BCUT2D eigenvalue weighted by atomic mass is 16.5. The van der Waals surface area contributed by atoms with Crippen molar-refractivity contribution in [1.29, 1.82) is 0 Å². The van der Waals surface area contributed by atoms with E-state index in [0.717, 1.165) is 5.56 Å². The molecule has 0 radical (unpaired) electrons. The Kier molecular flexibility index (Phi) is 4.82. The van der Waals surface area contributed by atoms with Crippen molar-refractivity contribution in [1.82, 2.24) is 0 Å². The Hall–Kier alpha value is -2.49. The van der Waals surface area contributed by atoms with Gasteiger partial charge in [0.15, 0.2) is 17.3 Å². The maximum Gasteiger partial charge on any atom is 0.176 e. The van der Waals surface area contributed by atoms with Crippen molar-refractivity contribution < 1.29 is 19.0 Å². The lowest BCUT2D eigenvalue weighted by molar-refractivity contribution is 0.100. The number of carbonyl (C=O) groups is 1. The number of Topliss-reactive ketones (excluding diaryl/α,β-unsaturated/α-hetero) is 1. The van der Waals surface area contributed by atoms with Crippen LogP contribution in [0, 0.1) is 0 Å². The van der Waals surface area contributed by atoms with Crippen molar-refractivity contribution in [2.24, 2.45) is 0 Å². The lowest BCUT2D eigenvalue weighted by Gasteiger charge is -2.16. The quantitative estimate of drug-likeness (QED) is 0.763. The monoisotopic (exact) mass is 286 g/mol. The van der Waals surface area contributed by atoms with Crippen LogP contribution < -0.4 is 14.2 Å². The molecule has 0 N–H and O–H groups in total. The highest BCUT2D eigenvalue weighted by Crippen LogP contribution is 2.38. The second-order valence-electron chi connectivity index (χ2n) is 4.50. The van der Waals surface area contributed by atoms with Gasteiger partial charge < -0.3 is 14.2 Å². The molecule has 21 heavy (non-hydrogen) atoms. The Morgan fingerprint density at radius 3 is 2.14 bits per heavy atom. The van der Waals surface area contributed by atoms with E-state index >= 15 is 0 Å². The average Bonchev–Trinajstić information content (AvgIpc) is 2.52. The summed E-state index contributed by atoms with van der Waals surface area (Å²) in [6, 6.07) is 13.2. The van der Waals surface area contributed by atoms with Gasteiger partial charge >= 0.3 is 0 Å². The summed E-state index contributed by atoms with van der Waals surface area (Å²) in [5.74, 6) is 1.27. The maximum absolute atomic E-state index is 11.9. The first kappa shape index (κ1) is 14.9. The van der Waals surface area contributed by atoms with E-state index in [0.29, 0.717) is 29.4 Å². The Morgan fingerprint density at radius 1 is 0.952 bits per heavy atom. The van der Waals surface area contributed by atoms with Crippen molar-refractivity contribution in [2.75, 3.05) is 14.2 Å². The molecule has 0 saturated carbocycles. The van der Waals surface area contributed by atoms with Gasteiger partial charge in [0.25, 0.3) is 0 Å². The van der Waals surface area contributed by atoms with Gasteiger partial charge in [-0.25, -0.2) is 0 Å².